The fourth-order valence-corrected chi connectivity index (χ4v) is 3.60. The predicted molar refractivity (Wildman–Crippen MR) is 100 cm³/mol. The minimum absolute atomic E-state index is 0.123. The van der Waals surface area contributed by atoms with Gasteiger partial charge in [-0.15, -0.1) is 11.3 Å². The van der Waals surface area contributed by atoms with Crippen LogP contribution in [-0.2, 0) is 4.74 Å². The zero-order valence-electron chi connectivity index (χ0n) is 14.5. The molecule has 0 aliphatic heterocycles. The topological polar surface area (TPSA) is 85.6 Å². The van der Waals surface area contributed by atoms with Crippen LogP contribution in [0.15, 0.2) is 39.5 Å². The van der Waals surface area contributed by atoms with E-state index in [4.69, 9.17) is 9.15 Å². The molecule has 0 bridgehead atoms. The molecule has 0 radical (unpaired) electrons. The molecule has 134 valence electrons. The SMILES string of the molecule is CCOC(=O)c1c(NC(=O)c2cc3ccccc3oc2=O)sc(C)c1C. The maximum atomic E-state index is 12.6. The molecule has 0 aliphatic carbocycles. The van der Waals surface area contributed by atoms with Gasteiger partial charge >= 0.3 is 11.6 Å². The second-order valence-electron chi connectivity index (χ2n) is 5.65. The number of rotatable bonds is 4. The first kappa shape index (κ1) is 17.9. The standard InChI is InChI=1S/C19H17NO5S/c1-4-24-19(23)15-10(2)11(3)26-17(15)20-16(21)13-9-12-7-5-6-8-14(12)25-18(13)22/h5-9H,4H2,1-3H3,(H,20,21). The molecule has 0 fully saturated rings. The molecule has 0 saturated carbocycles. The van der Waals surface area contributed by atoms with Crippen molar-refractivity contribution in [1.29, 1.82) is 0 Å². The Kier molecular flexibility index (Phi) is 4.90. The number of carbonyl (C=O) groups excluding carboxylic acids is 2. The Balaban J connectivity index is 1.99. The molecule has 1 aromatic carbocycles. The maximum absolute atomic E-state index is 12.6. The van der Waals surface area contributed by atoms with Gasteiger partial charge in [0.15, 0.2) is 0 Å². The first-order chi connectivity index (χ1) is 12.4. The van der Waals surface area contributed by atoms with Crippen LogP contribution >= 0.6 is 11.3 Å². The summed E-state index contributed by atoms with van der Waals surface area (Å²) in [4.78, 5) is 37.9. The largest absolute Gasteiger partial charge is 0.462 e. The summed E-state index contributed by atoms with van der Waals surface area (Å²) in [5.41, 5.74) is 0.609. The molecule has 0 saturated heterocycles. The highest BCUT2D eigenvalue weighted by atomic mass is 32.1. The van der Waals surface area contributed by atoms with E-state index in [0.717, 1.165) is 10.4 Å². The van der Waals surface area contributed by atoms with Gasteiger partial charge in [-0.3, -0.25) is 4.79 Å². The lowest BCUT2D eigenvalue weighted by Crippen LogP contribution is -2.21. The Hall–Kier alpha value is -2.93. The van der Waals surface area contributed by atoms with Crippen LogP contribution < -0.4 is 10.9 Å². The van der Waals surface area contributed by atoms with Crippen molar-refractivity contribution < 1.29 is 18.7 Å². The molecule has 3 rings (SSSR count). The number of benzene rings is 1. The van der Waals surface area contributed by atoms with Gasteiger partial charge in [0.05, 0.1) is 12.2 Å². The number of esters is 1. The summed E-state index contributed by atoms with van der Waals surface area (Å²) in [6.45, 7) is 5.58. The van der Waals surface area contributed by atoms with Crippen LogP contribution in [0.1, 0.15) is 38.1 Å². The molecule has 0 atom stereocenters. The molecule has 0 aliphatic rings. The average Bonchev–Trinajstić information content (AvgIpc) is 2.88. The summed E-state index contributed by atoms with van der Waals surface area (Å²) < 4.78 is 10.3. The lowest BCUT2D eigenvalue weighted by Gasteiger charge is -2.07. The van der Waals surface area contributed by atoms with Crippen molar-refractivity contribution in [3.63, 3.8) is 0 Å². The van der Waals surface area contributed by atoms with Gasteiger partial charge in [0.25, 0.3) is 5.91 Å². The van der Waals surface area contributed by atoms with Gasteiger partial charge in [0.2, 0.25) is 0 Å². The monoisotopic (exact) mass is 371 g/mol. The molecule has 2 heterocycles. The Morgan fingerprint density at radius 2 is 1.96 bits per heavy atom. The summed E-state index contributed by atoms with van der Waals surface area (Å²) >= 11 is 1.26. The first-order valence-electron chi connectivity index (χ1n) is 8.03. The second-order valence-corrected chi connectivity index (χ2v) is 6.87. The summed E-state index contributed by atoms with van der Waals surface area (Å²) in [5, 5.41) is 3.65. The normalized spacial score (nSPS) is 10.7. The van der Waals surface area contributed by atoms with E-state index in [0.29, 0.717) is 21.5 Å². The van der Waals surface area contributed by atoms with Crippen molar-refractivity contribution >= 4 is 39.2 Å². The van der Waals surface area contributed by atoms with E-state index in [1.54, 1.807) is 38.1 Å². The lowest BCUT2D eigenvalue weighted by molar-refractivity contribution is 0.0527. The van der Waals surface area contributed by atoms with E-state index < -0.39 is 17.5 Å². The number of aryl methyl sites for hydroxylation is 1. The zero-order valence-corrected chi connectivity index (χ0v) is 15.4. The Labute approximate surface area is 153 Å². The van der Waals surface area contributed by atoms with E-state index in [9.17, 15) is 14.4 Å². The van der Waals surface area contributed by atoms with E-state index >= 15 is 0 Å². The van der Waals surface area contributed by atoms with Gasteiger partial charge in [0, 0.05) is 10.3 Å². The summed E-state index contributed by atoms with van der Waals surface area (Å²) in [7, 11) is 0. The van der Waals surface area contributed by atoms with Crippen molar-refractivity contribution in [1.82, 2.24) is 0 Å². The highest BCUT2D eigenvalue weighted by molar-refractivity contribution is 7.16. The van der Waals surface area contributed by atoms with E-state index in [2.05, 4.69) is 5.32 Å². The smallest absolute Gasteiger partial charge is 0.349 e. The summed E-state index contributed by atoms with van der Waals surface area (Å²) in [6, 6.07) is 8.42. The third-order valence-electron chi connectivity index (χ3n) is 3.98. The Morgan fingerprint density at radius 3 is 2.69 bits per heavy atom. The van der Waals surface area contributed by atoms with Crippen LogP contribution in [0.2, 0.25) is 0 Å². The number of fused-ring (bicyclic) bond motifs is 1. The minimum Gasteiger partial charge on any atom is -0.462 e. The number of ether oxygens (including phenoxy) is 1. The van der Waals surface area contributed by atoms with Crippen molar-refractivity contribution in [2.45, 2.75) is 20.8 Å². The number of carbonyl (C=O) groups is 2. The molecule has 1 N–H and O–H groups in total. The lowest BCUT2D eigenvalue weighted by atomic mass is 10.1. The van der Waals surface area contributed by atoms with Crippen molar-refractivity contribution in [2.75, 3.05) is 11.9 Å². The molecule has 0 unspecified atom stereocenters. The average molecular weight is 371 g/mol. The number of anilines is 1. The maximum Gasteiger partial charge on any atom is 0.349 e. The van der Waals surface area contributed by atoms with Gasteiger partial charge in [-0.1, -0.05) is 18.2 Å². The molecule has 1 amide bonds. The molecule has 2 aromatic heterocycles. The van der Waals surface area contributed by atoms with Crippen molar-refractivity contribution in [3.8, 4) is 0 Å². The van der Waals surface area contributed by atoms with Crippen molar-refractivity contribution in [2.24, 2.45) is 0 Å². The number of hydrogen-bond acceptors (Lipinski definition) is 6. The van der Waals surface area contributed by atoms with Crippen molar-refractivity contribution in [3.05, 3.63) is 62.3 Å². The van der Waals surface area contributed by atoms with E-state index in [1.807, 2.05) is 6.92 Å². The fourth-order valence-electron chi connectivity index (χ4n) is 2.55. The van der Waals surface area contributed by atoms with Crippen LogP contribution in [0.5, 0.6) is 0 Å². The number of thiophene rings is 1. The number of para-hydroxylation sites is 1. The van der Waals surface area contributed by atoms with Crippen LogP contribution in [0.3, 0.4) is 0 Å². The van der Waals surface area contributed by atoms with Gasteiger partial charge in [0.1, 0.15) is 16.1 Å². The molecule has 3 aromatic rings. The van der Waals surface area contributed by atoms with E-state index in [1.165, 1.54) is 17.4 Å². The third kappa shape index (κ3) is 3.25. The quantitative estimate of drug-likeness (QED) is 0.555. The van der Waals surface area contributed by atoms with Crippen LogP contribution in [0.25, 0.3) is 11.0 Å². The fraction of sp³-hybridized carbons (Fsp3) is 0.211. The molecule has 26 heavy (non-hydrogen) atoms. The van der Waals surface area contributed by atoms with Gasteiger partial charge in [-0.2, -0.15) is 0 Å². The molecular weight excluding hydrogens is 354 g/mol. The number of nitrogens with one attached hydrogen (secondary N) is 1. The van der Waals surface area contributed by atoms with Crippen LogP contribution in [0.4, 0.5) is 5.00 Å². The van der Waals surface area contributed by atoms with Gasteiger partial charge < -0.3 is 14.5 Å². The minimum atomic E-state index is -0.733. The second kappa shape index (κ2) is 7.13. The molecule has 6 nitrogen and oxygen atoms in total. The van der Waals surface area contributed by atoms with Gasteiger partial charge in [-0.05, 0) is 38.5 Å². The van der Waals surface area contributed by atoms with Crippen LogP contribution in [0, 0.1) is 13.8 Å². The summed E-state index contributed by atoms with van der Waals surface area (Å²) in [6.07, 6.45) is 0. The molecule has 0 spiro atoms. The zero-order chi connectivity index (χ0) is 18.8. The van der Waals surface area contributed by atoms with E-state index in [-0.39, 0.29) is 12.2 Å². The number of hydrogen-bond donors (Lipinski definition) is 1. The summed E-state index contributed by atoms with van der Waals surface area (Å²) in [5.74, 6) is -1.13. The Morgan fingerprint density at radius 1 is 1.23 bits per heavy atom. The third-order valence-corrected chi connectivity index (χ3v) is 5.10. The highest BCUT2D eigenvalue weighted by Gasteiger charge is 2.23. The highest BCUT2D eigenvalue weighted by Crippen LogP contribution is 2.33. The van der Waals surface area contributed by atoms with Gasteiger partial charge in [-0.25, -0.2) is 9.59 Å². The number of amides is 1. The first-order valence-corrected chi connectivity index (χ1v) is 8.85. The molecule has 7 heteroatoms. The molecular formula is C19H17NO5S. The van der Waals surface area contributed by atoms with Crippen LogP contribution in [-0.4, -0.2) is 18.5 Å². The predicted octanol–water partition coefficient (Wildman–Crippen LogP) is 3.90. The Bertz CT molecular complexity index is 1060.